The van der Waals surface area contributed by atoms with Gasteiger partial charge in [0, 0.05) is 25.8 Å². The van der Waals surface area contributed by atoms with Gasteiger partial charge in [-0.15, -0.1) is 0 Å². The average Bonchev–Trinajstić information content (AvgIpc) is 2.90. The summed E-state index contributed by atoms with van der Waals surface area (Å²) >= 11 is 0. The van der Waals surface area contributed by atoms with Gasteiger partial charge in [0.1, 0.15) is 0 Å². The van der Waals surface area contributed by atoms with E-state index in [1.807, 2.05) is 0 Å². The van der Waals surface area contributed by atoms with E-state index in [1.54, 1.807) is 0 Å². The first-order valence-electron chi connectivity index (χ1n) is 7.01. The molecule has 0 aromatic rings. The van der Waals surface area contributed by atoms with Gasteiger partial charge >= 0.3 is 0 Å². The van der Waals surface area contributed by atoms with E-state index in [1.165, 1.54) is 12.8 Å². The Hall–Kier alpha value is -0.650. The average molecular weight is 255 g/mol. The zero-order chi connectivity index (χ0) is 13.0. The molecule has 2 fully saturated rings. The number of ether oxygens (including phenoxy) is 1. The standard InChI is InChI=1S/C13H25N3O2/c1-11(16-6-2-3-7-16)10-15-12(17)13(14)4-8-18-9-5-13/h11H,2-10,14H2,1H3,(H,15,17). The predicted octanol–water partition coefficient (Wildman–Crippen LogP) is 0.0948. The van der Waals surface area contributed by atoms with E-state index in [4.69, 9.17) is 10.5 Å². The number of nitrogens with two attached hydrogens (primary N) is 1. The lowest BCUT2D eigenvalue weighted by Crippen LogP contribution is -2.58. The predicted molar refractivity (Wildman–Crippen MR) is 70.3 cm³/mol. The summed E-state index contributed by atoms with van der Waals surface area (Å²) in [5.41, 5.74) is 5.42. The molecular formula is C13H25N3O2. The van der Waals surface area contributed by atoms with Crippen LogP contribution in [0.15, 0.2) is 0 Å². The van der Waals surface area contributed by atoms with Crippen molar-refractivity contribution in [2.45, 2.75) is 44.2 Å². The zero-order valence-electron chi connectivity index (χ0n) is 11.3. The van der Waals surface area contributed by atoms with Crippen LogP contribution in [0, 0.1) is 0 Å². The number of carbonyl (C=O) groups excluding carboxylic acids is 1. The summed E-state index contributed by atoms with van der Waals surface area (Å²) in [6, 6.07) is 0.403. The largest absolute Gasteiger partial charge is 0.381 e. The smallest absolute Gasteiger partial charge is 0.240 e. The van der Waals surface area contributed by atoms with Crippen molar-refractivity contribution in [3.8, 4) is 0 Å². The number of amides is 1. The highest BCUT2D eigenvalue weighted by Crippen LogP contribution is 2.18. The van der Waals surface area contributed by atoms with Crippen molar-refractivity contribution in [1.82, 2.24) is 10.2 Å². The number of hydrogen-bond acceptors (Lipinski definition) is 4. The lowest BCUT2D eigenvalue weighted by Gasteiger charge is -2.33. The van der Waals surface area contributed by atoms with Gasteiger partial charge in [-0.3, -0.25) is 9.69 Å². The minimum Gasteiger partial charge on any atom is -0.381 e. The Morgan fingerprint density at radius 2 is 2.00 bits per heavy atom. The number of nitrogens with zero attached hydrogens (tertiary/aromatic N) is 1. The fourth-order valence-corrected chi connectivity index (χ4v) is 2.69. The van der Waals surface area contributed by atoms with Crippen LogP contribution in [-0.4, -0.2) is 55.2 Å². The maximum atomic E-state index is 12.1. The number of nitrogens with one attached hydrogen (secondary N) is 1. The van der Waals surface area contributed by atoms with Crippen LogP contribution in [-0.2, 0) is 9.53 Å². The molecule has 18 heavy (non-hydrogen) atoms. The highest BCUT2D eigenvalue weighted by Gasteiger charge is 2.36. The molecule has 1 unspecified atom stereocenters. The molecule has 0 spiro atoms. The highest BCUT2D eigenvalue weighted by atomic mass is 16.5. The molecule has 2 heterocycles. The summed E-state index contributed by atoms with van der Waals surface area (Å²) in [6.07, 6.45) is 3.79. The maximum absolute atomic E-state index is 12.1. The molecule has 2 rings (SSSR count). The van der Waals surface area contributed by atoms with Gasteiger partial charge < -0.3 is 15.8 Å². The van der Waals surface area contributed by atoms with Gasteiger partial charge in [-0.25, -0.2) is 0 Å². The first kappa shape index (κ1) is 13.8. The molecule has 0 saturated carbocycles. The van der Waals surface area contributed by atoms with Gasteiger partial charge in [0.15, 0.2) is 0 Å². The first-order chi connectivity index (χ1) is 8.62. The van der Waals surface area contributed by atoms with Crippen molar-refractivity contribution in [2.75, 3.05) is 32.8 Å². The van der Waals surface area contributed by atoms with Crippen LogP contribution >= 0.6 is 0 Å². The van der Waals surface area contributed by atoms with Crippen molar-refractivity contribution < 1.29 is 9.53 Å². The minimum atomic E-state index is -0.719. The van der Waals surface area contributed by atoms with Crippen LogP contribution in [0.25, 0.3) is 0 Å². The molecule has 0 aliphatic carbocycles. The van der Waals surface area contributed by atoms with Gasteiger partial charge in [-0.1, -0.05) is 0 Å². The number of likely N-dealkylation sites (tertiary alicyclic amines) is 1. The van der Waals surface area contributed by atoms with E-state index < -0.39 is 5.54 Å². The van der Waals surface area contributed by atoms with Crippen LogP contribution < -0.4 is 11.1 Å². The van der Waals surface area contributed by atoms with E-state index in [0.717, 1.165) is 13.1 Å². The third-order valence-corrected chi connectivity index (χ3v) is 4.16. The van der Waals surface area contributed by atoms with Crippen LogP contribution in [0.2, 0.25) is 0 Å². The van der Waals surface area contributed by atoms with Gasteiger partial charge in [-0.2, -0.15) is 0 Å². The molecule has 2 aliphatic heterocycles. The summed E-state index contributed by atoms with van der Waals surface area (Å²) in [7, 11) is 0. The van der Waals surface area contributed by atoms with Crippen molar-refractivity contribution in [3.05, 3.63) is 0 Å². The van der Waals surface area contributed by atoms with Crippen molar-refractivity contribution in [3.63, 3.8) is 0 Å². The first-order valence-corrected chi connectivity index (χ1v) is 7.01. The molecule has 0 aromatic heterocycles. The topological polar surface area (TPSA) is 67.6 Å². The van der Waals surface area contributed by atoms with Crippen molar-refractivity contribution in [1.29, 1.82) is 0 Å². The van der Waals surface area contributed by atoms with Crippen LogP contribution in [0.1, 0.15) is 32.6 Å². The fraction of sp³-hybridized carbons (Fsp3) is 0.923. The van der Waals surface area contributed by atoms with Gasteiger partial charge in [-0.05, 0) is 45.7 Å². The lowest BCUT2D eigenvalue weighted by atomic mass is 9.90. The SMILES string of the molecule is CC(CNC(=O)C1(N)CCOCC1)N1CCCC1. The molecular weight excluding hydrogens is 230 g/mol. The molecule has 0 radical (unpaired) electrons. The molecule has 3 N–H and O–H groups in total. The number of carbonyl (C=O) groups is 1. The second kappa shape index (κ2) is 5.99. The second-order valence-electron chi connectivity index (χ2n) is 5.57. The molecule has 1 atom stereocenters. The molecule has 1 amide bonds. The Bertz CT molecular complexity index is 284. The third kappa shape index (κ3) is 3.22. The Kier molecular flexibility index (Phi) is 4.59. The number of hydrogen-bond donors (Lipinski definition) is 2. The summed E-state index contributed by atoms with van der Waals surface area (Å²) in [5.74, 6) is -0.0168. The highest BCUT2D eigenvalue weighted by molar-refractivity contribution is 5.86. The summed E-state index contributed by atoms with van der Waals surface area (Å²) in [4.78, 5) is 14.6. The molecule has 0 aromatic carbocycles. The minimum absolute atomic E-state index is 0.0168. The zero-order valence-corrected chi connectivity index (χ0v) is 11.3. The van der Waals surface area contributed by atoms with Gasteiger partial charge in [0.25, 0.3) is 0 Å². The fourth-order valence-electron chi connectivity index (χ4n) is 2.69. The van der Waals surface area contributed by atoms with Crippen LogP contribution in [0.5, 0.6) is 0 Å². The monoisotopic (exact) mass is 255 g/mol. The van der Waals surface area contributed by atoms with Crippen molar-refractivity contribution >= 4 is 5.91 Å². The molecule has 5 nitrogen and oxygen atoms in total. The summed E-state index contributed by atoms with van der Waals surface area (Å²) in [6.45, 7) is 6.34. The third-order valence-electron chi connectivity index (χ3n) is 4.16. The summed E-state index contributed by atoms with van der Waals surface area (Å²) < 4.78 is 5.25. The van der Waals surface area contributed by atoms with Gasteiger partial charge in [0.2, 0.25) is 5.91 Å². The molecule has 2 aliphatic rings. The van der Waals surface area contributed by atoms with Crippen LogP contribution in [0.4, 0.5) is 0 Å². The van der Waals surface area contributed by atoms with E-state index in [9.17, 15) is 4.79 Å². The van der Waals surface area contributed by atoms with Crippen LogP contribution in [0.3, 0.4) is 0 Å². The van der Waals surface area contributed by atoms with Gasteiger partial charge in [0.05, 0.1) is 5.54 Å². The second-order valence-corrected chi connectivity index (χ2v) is 5.57. The Morgan fingerprint density at radius 3 is 2.61 bits per heavy atom. The Balaban J connectivity index is 1.76. The van der Waals surface area contributed by atoms with E-state index in [2.05, 4.69) is 17.1 Å². The number of rotatable bonds is 4. The molecule has 2 saturated heterocycles. The Labute approximate surface area is 109 Å². The lowest BCUT2D eigenvalue weighted by molar-refractivity contribution is -0.129. The maximum Gasteiger partial charge on any atom is 0.240 e. The van der Waals surface area contributed by atoms with E-state index in [0.29, 0.717) is 38.6 Å². The molecule has 0 bridgehead atoms. The summed E-state index contributed by atoms with van der Waals surface area (Å²) in [5, 5.41) is 3.01. The quantitative estimate of drug-likeness (QED) is 0.747. The van der Waals surface area contributed by atoms with E-state index >= 15 is 0 Å². The normalized spacial score (nSPS) is 25.9. The Morgan fingerprint density at radius 1 is 1.39 bits per heavy atom. The molecule has 104 valence electrons. The molecule has 5 heteroatoms. The van der Waals surface area contributed by atoms with Crippen molar-refractivity contribution in [2.24, 2.45) is 5.73 Å². The van der Waals surface area contributed by atoms with E-state index in [-0.39, 0.29) is 5.91 Å².